The van der Waals surface area contributed by atoms with E-state index in [1.165, 1.54) is 23.9 Å². The lowest BCUT2D eigenvalue weighted by Crippen LogP contribution is -2.38. The number of hydrogen-bond acceptors (Lipinski definition) is 7. The van der Waals surface area contributed by atoms with Crippen LogP contribution in [0.25, 0.3) is 6.08 Å². The predicted molar refractivity (Wildman–Crippen MR) is 119 cm³/mol. The van der Waals surface area contributed by atoms with E-state index in [4.69, 9.17) is 17.0 Å². The number of fused-ring (bicyclic) bond motifs is 1. The summed E-state index contributed by atoms with van der Waals surface area (Å²) in [5.41, 5.74) is 2.09. The van der Waals surface area contributed by atoms with Crippen molar-refractivity contribution >= 4 is 61.7 Å². The summed E-state index contributed by atoms with van der Waals surface area (Å²) in [7, 11) is -3.29. The molecule has 0 unspecified atom stereocenters. The van der Waals surface area contributed by atoms with Crippen LogP contribution in [-0.4, -0.2) is 37.4 Å². The number of rotatable bonds is 4. The Morgan fingerprint density at radius 1 is 1.20 bits per heavy atom. The molecule has 0 spiro atoms. The Balaban J connectivity index is 1.64. The number of carbonyl (C=O) groups is 2. The molecular formula is C20H16N2O5S3. The topological polar surface area (TPSA) is 92.8 Å². The van der Waals surface area contributed by atoms with Crippen LogP contribution in [0.15, 0.2) is 52.3 Å². The van der Waals surface area contributed by atoms with E-state index in [0.29, 0.717) is 20.7 Å². The van der Waals surface area contributed by atoms with Crippen LogP contribution in [0, 0.1) is 0 Å². The second-order valence-electron chi connectivity index (χ2n) is 6.76. The van der Waals surface area contributed by atoms with Gasteiger partial charge < -0.3 is 15.0 Å². The fourth-order valence-electron chi connectivity index (χ4n) is 3.08. The maximum absolute atomic E-state index is 12.5. The van der Waals surface area contributed by atoms with Crippen LogP contribution in [0.3, 0.4) is 0 Å². The average Bonchev–Trinajstić information content (AvgIpc) is 3.00. The standard InChI is InChI=1S/C20H16N2O5S3/c1-30(25,26)14-5-2-12(3-6-14)10-22-15-8-13(4-7-16(15)27-11-18(22)23)9-17-19(24)21-20(28)29-17/h2-9H,10-11H2,1H3,(H,21,24,28)/b17-9+. The summed E-state index contributed by atoms with van der Waals surface area (Å²) in [6.07, 6.45) is 2.85. The maximum atomic E-state index is 12.5. The molecule has 10 heteroatoms. The third-order valence-corrected chi connectivity index (χ3v) is 6.85. The summed E-state index contributed by atoms with van der Waals surface area (Å²) in [5.74, 6) is 0.0927. The third-order valence-electron chi connectivity index (χ3n) is 4.56. The normalized spacial score (nSPS) is 17.7. The zero-order valence-corrected chi connectivity index (χ0v) is 18.2. The molecule has 1 fully saturated rings. The minimum atomic E-state index is -3.29. The SMILES string of the molecule is CS(=O)(=O)c1ccc(CN2C(=O)COc3ccc(/C=C4/SC(=S)NC4=O)cc32)cc1. The lowest BCUT2D eigenvalue weighted by molar-refractivity contribution is -0.121. The van der Waals surface area contributed by atoms with Crippen molar-refractivity contribution < 1.29 is 22.7 Å². The van der Waals surface area contributed by atoms with Gasteiger partial charge in [0.05, 0.1) is 22.0 Å². The van der Waals surface area contributed by atoms with Crippen molar-refractivity contribution in [3.63, 3.8) is 0 Å². The molecule has 0 aliphatic carbocycles. The second-order valence-corrected chi connectivity index (χ2v) is 10.5. The number of amides is 2. The Morgan fingerprint density at radius 2 is 1.93 bits per heavy atom. The first kappa shape index (κ1) is 20.6. The molecule has 2 heterocycles. The van der Waals surface area contributed by atoms with Crippen LogP contribution < -0.4 is 15.0 Å². The minimum Gasteiger partial charge on any atom is -0.482 e. The molecule has 4 rings (SSSR count). The van der Waals surface area contributed by atoms with Crippen molar-refractivity contribution in [1.82, 2.24) is 5.32 Å². The predicted octanol–water partition coefficient (Wildman–Crippen LogP) is 2.50. The quantitative estimate of drug-likeness (QED) is 0.554. The van der Waals surface area contributed by atoms with Gasteiger partial charge in [-0.25, -0.2) is 8.42 Å². The van der Waals surface area contributed by atoms with E-state index in [-0.39, 0.29) is 29.9 Å². The number of sulfone groups is 1. The lowest BCUT2D eigenvalue weighted by atomic mass is 10.1. The number of thioether (sulfide) groups is 1. The summed E-state index contributed by atoms with van der Waals surface area (Å²) in [5, 5.41) is 2.57. The molecule has 2 aliphatic heterocycles. The van der Waals surface area contributed by atoms with Crippen molar-refractivity contribution in [1.29, 1.82) is 0 Å². The van der Waals surface area contributed by atoms with Gasteiger partial charge in [0.2, 0.25) is 0 Å². The molecular weight excluding hydrogens is 444 g/mol. The minimum absolute atomic E-state index is 0.0820. The molecule has 2 aliphatic rings. The van der Waals surface area contributed by atoms with E-state index < -0.39 is 9.84 Å². The lowest BCUT2D eigenvalue weighted by Gasteiger charge is -2.29. The zero-order valence-electron chi connectivity index (χ0n) is 15.7. The number of anilines is 1. The molecule has 30 heavy (non-hydrogen) atoms. The maximum Gasteiger partial charge on any atom is 0.265 e. The molecule has 1 N–H and O–H groups in total. The Hall–Kier alpha value is -2.69. The number of ether oxygens (including phenoxy) is 1. The highest BCUT2D eigenvalue weighted by Gasteiger charge is 2.27. The first-order valence-corrected chi connectivity index (χ1v) is 11.9. The molecule has 2 amide bonds. The molecule has 0 atom stereocenters. The van der Waals surface area contributed by atoms with Gasteiger partial charge in [-0.15, -0.1) is 0 Å². The van der Waals surface area contributed by atoms with E-state index in [0.717, 1.165) is 17.4 Å². The van der Waals surface area contributed by atoms with Gasteiger partial charge in [0.15, 0.2) is 16.4 Å². The van der Waals surface area contributed by atoms with E-state index >= 15 is 0 Å². The zero-order chi connectivity index (χ0) is 21.5. The van der Waals surface area contributed by atoms with Crippen molar-refractivity contribution in [2.24, 2.45) is 0 Å². The van der Waals surface area contributed by atoms with Gasteiger partial charge >= 0.3 is 0 Å². The summed E-state index contributed by atoms with van der Waals surface area (Å²) >= 11 is 6.19. The second kappa shape index (κ2) is 7.86. The van der Waals surface area contributed by atoms with Crippen molar-refractivity contribution in [2.75, 3.05) is 17.8 Å². The highest BCUT2D eigenvalue weighted by molar-refractivity contribution is 8.26. The van der Waals surface area contributed by atoms with E-state index in [2.05, 4.69) is 5.32 Å². The fourth-order valence-corrected chi connectivity index (χ4v) is 4.75. The number of carbonyl (C=O) groups excluding carboxylic acids is 2. The number of thiocarbonyl (C=S) groups is 1. The van der Waals surface area contributed by atoms with Gasteiger partial charge in [0, 0.05) is 6.26 Å². The van der Waals surface area contributed by atoms with Gasteiger partial charge in [-0.05, 0) is 41.5 Å². The summed E-state index contributed by atoms with van der Waals surface area (Å²) in [6.45, 7) is 0.181. The van der Waals surface area contributed by atoms with Gasteiger partial charge in [-0.2, -0.15) is 0 Å². The van der Waals surface area contributed by atoms with E-state index in [9.17, 15) is 18.0 Å². The van der Waals surface area contributed by atoms with Crippen molar-refractivity contribution in [2.45, 2.75) is 11.4 Å². The highest BCUT2D eigenvalue weighted by Crippen LogP contribution is 2.35. The summed E-state index contributed by atoms with van der Waals surface area (Å²) in [6, 6.07) is 11.8. The van der Waals surface area contributed by atoms with Crippen LogP contribution in [0.4, 0.5) is 5.69 Å². The number of hydrogen-bond donors (Lipinski definition) is 1. The fraction of sp³-hybridized carbons (Fsp3) is 0.150. The molecule has 0 saturated carbocycles. The molecule has 7 nitrogen and oxygen atoms in total. The largest absolute Gasteiger partial charge is 0.482 e. The smallest absolute Gasteiger partial charge is 0.265 e. The number of nitrogens with one attached hydrogen (secondary N) is 1. The Kier molecular flexibility index (Phi) is 5.39. The monoisotopic (exact) mass is 460 g/mol. The van der Waals surface area contributed by atoms with Crippen LogP contribution >= 0.6 is 24.0 Å². The van der Waals surface area contributed by atoms with Gasteiger partial charge in [0.1, 0.15) is 10.1 Å². The summed E-state index contributed by atoms with van der Waals surface area (Å²) in [4.78, 5) is 26.7. The van der Waals surface area contributed by atoms with Gasteiger partial charge in [-0.1, -0.05) is 42.2 Å². The number of benzene rings is 2. The Morgan fingerprint density at radius 3 is 2.57 bits per heavy atom. The Labute approximate surface area is 183 Å². The van der Waals surface area contributed by atoms with Crippen LogP contribution in [0.2, 0.25) is 0 Å². The molecule has 0 radical (unpaired) electrons. The summed E-state index contributed by atoms with van der Waals surface area (Å²) < 4.78 is 29.2. The van der Waals surface area contributed by atoms with Crippen LogP contribution in [-0.2, 0) is 26.0 Å². The number of nitrogens with zero attached hydrogens (tertiary/aromatic N) is 1. The molecule has 2 aromatic carbocycles. The Bertz CT molecular complexity index is 1200. The van der Waals surface area contributed by atoms with Gasteiger partial charge in [0.25, 0.3) is 11.8 Å². The average molecular weight is 461 g/mol. The van der Waals surface area contributed by atoms with Crippen LogP contribution in [0.1, 0.15) is 11.1 Å². The highest BCUT2D eigenvalue weighted by atomic mass is 32.2. The third kappa shape index (κ3) is 4.25. The van der Waals surface area contributed by atoms with Crippen molar-refractivity contribution in [3.8, 4) is 5.75 Å². The van der Waals surface area contributed by atoms with E-state index in [1.807, 2.05) is 0 Å². The first-order chi connectivity index (χ1) is 14.2. The van der Waals surface area contributed by atoms with Crippen LogP contribution in [0.5, 0.6) is 5.75 Å². The van der Waals surface area contributed by atoms with Crippen molar-refractivity contribution in [3.05, 3.63) is 58.5 Å². The molecule has 1 saturated heterocycles. The molecule has 2 aromatic rings. The molecule has 154 valence electrons. The van der Waals surface area contributed by atoms with Gasteiger partial charge in [-0.3, -0.25) is 9.59 Å². The first-order valence-electron chi connectivity index (χ1n) is 8.82. The van der Waals surface area contributed by atoms with E-state index in [1.54, 1.807) is 41.3 Å². The molecule has 0 aromatic heterocycles. The molecule has 0 bridgehead atoms.